The lowest BCUT2D eigenvalue weighted by Gasteiger charge is -2.23. The third-order valence-corrected chi connectivity index (χ3v) is 5.88. The van der Waals surface area contributed by atoms with Crippen LogP contribution in [-0.4, -0.2) is 28.1 Å². The summed E-state index contributed by atoms with van der Waals surface area (Å²) in [6.07, 6.45) is 5.39. The summed E-state index contributed by atoms with van der Waals surface area (Å²) in [6.45, 7) is 8.15. The smallest absolute Gasteiger partial charge is 0.249 e. The van der Waals surface area contributed by atoms with Gasteiger partial charge >= 0.3 is 0 Å². The minimum atomic E-state index is -0.579. The van der Waals surface area contributed by atoms with Crippen LogP contribution in [0.25, 0.3) is 10.6 Å². The van der Waals surface area contributed by atoms with E-state index in [2.05, 4.69) is 27.8 Å². The van der Waals surface area contributed by atoms with Crippen LogP contribution in [0.4, 0.5) is 5.13 Å². The summed E-state index contributed by atoms with van der Waals surface area (Å²) >= 11 is 1.33. The zero-order valence-electron chi connectivity index (χ0n) is 17.8. The van der Waals surface area contributed by atoms with E-state index in [0.717, 1.165) is 48.2 Å². The molecule has 1 aromatic heterocycles. The Morgan fingerprint density at radius 2 is 1.93 bits per heavy atom. The lowest BCUT2D eigenvalue weighted by atomic mass is 9.98. The first-order valence-corrected chi connectivity index (χ1v) is 11.3. The number of nitrogens with zero attached hydrogens (tertiary/aromatic N) is 2. The van der Waals surface area contributed by atoms with Crippen LogP contribution < -0.4 is 10.6 Å². The molecule has 0 spiro atoms. The van der Waals surface area contributed by atoms with Crippen LogP contribution in [0.3, 0.4) is 0 Å². The number of anilines is 1. The second-order valence-electron chi connectivity index (χ2n) is 7.51. The predicted octanol–water partition coefficient (Wildman–Crippen LogP) is 4.95. The quantitative estimate of drug-likeness (QED) is 0.508. The Kier molecular flexibility index (Phi) is 9.25. The van der Waals surface area contributed by atoms with E-state index in [1.807, 2.05) is 45.0 Å². The van der Waals surface area contributed by atoms with Gasteiger partial charge in [0.1, 0.15) is 11.0 Å². The number of unbranched alkanes of at least 4 members (excludes halogenated alkanes) is 3. The van der Waals surface area contributed by atoms with E-state index in [9.17, 15) is 9.59 Å². The molecule has 6 nitrogen and oxygen atoms in total. The fourth-order valence-corrected chi connectivity index (χ4v) is 3.75. The summed E-state index contributed by atoms with van der Waals surface area (Å²) in [6, 6.07) is 7.42. The number of nitrogens with one attached hydrogen (secondary N) is 2. The highest BCUT2D eigenvalue weighted by Gasteiger charge is 2.26. The van der Waals surface area contributed by atoms with Crippen molar-refractivity contribution in [3.63, 3.8) is 0 Å². The van der Waals surface area contributed by atoms with E-state index in [1.54, 1.807) is 0 Å². The van der Waals surface area contributed by atoms with E-state index in [4.69, 9.17) is 0 Å². The Hall–Kier alpha value is -2.28. The SMILES string of the molecule is CCCCCCC(=O)NC(C(=O)Nc1nnc(-c2cccc(C)c2)s1)C(C)CC. The molecule has 0 saturated heterocycles. The molecule has 0 aliphatic heterocycles. The van der Waals surface area contributed by atoms with Gasteiger partial charge in [-0.15, -0.1) is 10.2 Å². The van der Waals surface area contributed by atoms with E-state index < -0.39 is 6.04 Å². The minimum Gasteiger partial charge on any atom is -0.344 e. The monoisotopic (exact) mass is 416 g/mol. The number of rotatable bonds is 11. The van der Waals surface area contributed by atoms with Gasteiger partial charge in [0.15, 0.2) is 0 Å². The fraction of sp³-hybridized carbons (Fsp3) is 0.545. The summed E-state index contributed by atoms with van der Waals surface area (Å²) in [5, 5.41) is 15.2. The molecule has 2 aromatic rings. The van der Waals surface area contributed by atoms with Gasteiger partial charge in [0.25, 0.3) is 0 Å². The molecule has 1 heterocycles. The Morgan fingerprint density at radius 3 is 2.62 bits per heavy atom. The number of aryl methyl sites for hydroxylation is 1. The first-order valence-electron chi connectivity index (χ1n) is 10.4. The van der Waals surface area contributed by atoms with Crippen LogP contribution >= 0.6 is 11.3 Å². The van der Waals surface area contributed by atoms with Crippen molar-refractivity contribution in [2.75, 3.05) is 5.32 Å². The van der Waals surface area contributed by atoms with E-state index in [0.29, 0.717) is 11.6 Å². The van der Waals surface area contributed by atoms with Crippen molar-refractivity contribution < 1.29 is 9.59 Å². The van der Waals surface area contributed by atoms with Gasteiger partial charge in [0, 0.05) is 12.0 Å². The van der Waals surface area contributed by atoms with E-state index in [-0.39, 0.29) is 17.7 Å². The second kappa shape index (κ2) is 11.7. The number of carbonyl (C=O) groups is 2. The fourth-order valence-electron chi connectivity index (χ4n) is 3.01. The molecule has 29 heavy (non-hydrogen) atoms. The molecule has 2 unspecified atom stereocenters. The summed E-state index contributed by atoms with van der Waals surface area (Å²) in [5.74, 6) is -0.286. The van der Waals surface area contributed by atoms with Crippen molar-refractivity contribution in [1.82, 2.24) is 15.5 Å². The number of benzene rings is 1. The van der Waals surface area contributed by atoms with Gasteiger partial charge in [-0.1, -0.05) is 81.6 Å². The first kappa shape index (κ1) is 23.0. The van der Waals surface area contributed by atoms with Gasteiger partial charge in [-0.05, 0) is 25.3 Å². The Morgan fingerprint density at radius 1 is 1.14 bits per heavy atom. The zero-order chi connectivity index (χ0) is 21.2. The van der Waals surface area contributed by atoms with Crippen LogP contribution in [0, 0.1) is 12.8 Å². The number of amides is 2. The maximum Gasteiger partial charge on any atom is 0.249 e. The average molecular weight is 417 g/mol. The molecule has 0 saturated carbocycles. The normalized spacial score (nSPS) is 13.0. The topological polar surface area (TPSA) is 84.0 Å². The Balaban J connectivity index is 2.00. The molecule has 1 aromatic carbocycles. The molecule has 0 bridgehead atoms. The lowest BCUT2D eigenvalue weighted by Crippen LogP contribution is -2.47. The number of aromatic nitrogens is 2. The zero-order valence-corrected chi connectivity index (χ0v) is 18.6. The molecule has 0 aliphatic carbocycles. The molecule has 2 amide bonds. The van der Waals surface area contributed by atoms with Gasteiger partial charge in [0.05, 0.1) is 0 Å². The minimum absolute atomic E-state index is 0.0266. The molecule has 2 N–H and O–H groups in total. The third-order valence-electron chi connectivity index (χ3n) is 4.99. The molecule has 7 heteroatoms. The van der Waals surface area contributed by atoms with Crippen LogP contribution in [0.2, 0.25) is 0 Å². The van der Waals surface area contributed by atoms with Crippen LogP contribution in [0.1, 0.15) is 64.9 Å². The van der Waals surface area contributed by atoms with Crippen molar-refractivity contribution in [3.05, 3.63) is 29.8 Å². The van der Waals surface area contributed by atoms with Crippen molar-refractivity contribution in [2.24, 2.45) is 5.92 Å². The predicted molar refractivity (Wildman–Crippen MR) is 119 cm³/mol. The highest BCUT2D eigenvalue weighted by Crippen LogP contribution is 2.27. The lowest BCUT2D eigenvalue weighted by molar-refractivity contribution is -0.127. The Bertz CT molecular complexity index is 806. The molecule has 0 aliphatic rings. The summed E-state index contributed by atoms with van der Waals surface area (Å²) < 4.78 is 0. The van der Waals surface area contributed by atoms with Gasteiger partial charge in [0.2, 0.25) is 16.9 Å². The average Bonchev–Trinajstić information content (AvgIpc) is 3.17. The molecule has 2 rings (SSSR count). The van der Waals surface area contributed by atoms with Crippen LogP contribution in [-0.2, 0) is 9.59 Å². The maximum atomic E-state index is 12.8. The maximum absolute atomic E-state index is 12.8. The van der Waals surface area contributed by atoms with Gasteiger partial charge < -0.3 is 5.32 Å². The van der Waals surface area contributed by atoms with E-state index in [1.165, 1.54) is 11.3 Å². The second-order valence-corrected chi connectivity index (χ2v) is 8.49. The standard InChI is InChI=1S/C22H32N4O2S/c1-5-7-8-9-13-18(27)23-19(16(4)6-2)20(28)24-22-26-25-21(29-22)17-12-10-11-15(3)14-17/h10-12,14,16,19H,5-9,13H2,1-4H3,(H,23,27)(H,24,26,28). The van der Waals surface area contributed by atoms with E-state index >= 15 is 0 Å². The highest BCUT2D eigenvalue weighted by atomic mass is 32.1. The highest BCUT2D eigenvalue weighted by molar-refractivity contribution is 7.18. The molecule has 2 atom stereocenters. The molecule has 0 fully saturated rings. The molecular weight excluding hydrogens is 384 g/mol. The number of hydrogen-bond donors (Lipinski definition) is 2. The van der Waals surface area contributed by atoms with Gasteiger partial charge in [-0.25, -0.2) is 0 Å². The van der Waals surface area contributed by atoms with Crippen LogP contribution in [0.15, 0.2) is 24.3 Å². The third kappa shape index (κ3) is 7.24. The van der Waals surface area contributed by atoms with Gasteiger partial charge in [-0.2, -0.15) is 0 Å². The summed E-state index contributed by atoms with van der Waals surface area (Å²) in [5.41, 5.74) is 2.11. The summed E-state index contributed by atoms with van der Waals surface area (Å²) in [4.78, 5) is 25.1. The number of hydrogen-bond acceptors (Lipinski definition) is 5. The van der Waals surface area contributed by atoms with Gasteiger partial charge in [-0.3, -0.25) is 14.9 Å². The number of carbonyl (C=O) groups excluding carboxylic acids is 2. The largest absolute Gasteiger partial charge is 0.344 e. The van der Waals surface area contributed by atoms with Crippen LogP contribution in [0.5, 0.6) is 0 Å². The van der Waals surface area contributed by atoms with Crippen molar-refractivity contribution in [2.45, 2.75) is 72.3 Å². The molecular formula is C22H32N4O2S. The van der Waals surface area contributed by atoms with Crippen molar-refractivity contribution >= 4 is 28.3 Å². The Labute approximate surface area is 177 Å². The summed E-state index contributed by atoms with van der Waals surface area (Å²) in [7, 11) is 0. The van der Waals surface area contributed by atoms with Crippen molar-refractivity contribution in [3.8, 4) is 10.6 Å². The van der Waals surface area contributed by atoms with Crippen molar-refractivity contribution in [1.29, 1.82) is 0 Å². The molecule has 158 valence electrons. The first-order chi connectivity index (χ1) is 13.9. The molecule has 0 radical (unpaired) electrons.